The Kier molecular flexibility index (Phi) is 7.35. The van der Waals surface area contributed by atoms with Crippen LogP contribution in [0.25, 0.3) is 16.6 Å². The summed E-state index contributed by atoms with van der Waals surface area (Å²) in [6.45, 7) is 2.46. The Bertz CT molecular complexity index is 955. The van der Waals surface area contributed by atoms with E-state index in [-0.39, 0.29) is 36.8 Å². The smallest absolute Gasteiger partial charge is 0.273 e. The number of hydrogen-bond acceptors (Lipinski definition) is 5. The molecule has 0 saturated heterocycles. The standard InChI is InChI=1S/C19H22N6O.2ClH/c1-12-18(19(26)22-15-7-2-5-13(15)11-20)23-24-25(12)17-9-3-8-16-14(17)6-4-10-21-16;;/h3-4,6,8-10,13,15H,2,5,7,11,20H2,1H3,(H,22,26);2*1H. The molecular formula is C19H24Cl2N6O. The molecule has 9 heteroatoms. The van der Waals surface area contributed by atoms with Crippen molar-refractivity contribution in [2.75, 3.05) is 6.54 Å². The van der Waals surface area contributed by atoms with Crippen LogP contribution in [-0.2, 0) is 0 Å². The molecule has 1 fully saturated rings. The molecule has 3 aromatic rings. The maximum Gasteiger partial charge on any atom is 0.273 e. The fraction of sp³-hybridized carbons (Fsp3) is 0.368. The summed E-state index contributed by atoms with van der Waals surface area (Å²) in [6, 6.07) is 9.83. The van der Waals surface area contributed by atoms with Gasteiger partial charge in [-0.2, -0.15) is 0 Å². The van der Waals surface area contributed by atoms with E-state index in [1.165, 1.54) is 0 Å². The minimum Gasteiger partial charge on any atom is -0.348 e. The number of nitrogens with one attached hydrogen (secondary N) is 1. The Morgan fingerprint density at radius 1 is 1.25 bits per heavy atom. The van der Waals surface area contributed by atoms with Crippen LogP contribution in [0.15, 0.2) is 36.5 Å². The number of nitrogens with zero attached hydrogens (tertiary/aromatic N) is 4. The number of carbonyl (C=O) groups excluding carboxylic acids is 1. The molecule has 1 aliphatic carbocycles. The summed E-state index contributed by atoms with van der Waals surface area (Å²) in [6.07, 6.45) is 4.89. The van der Waals surface area contributed by atoms with Crippen molar-refractivity contribution in [2.24, 2.45) is 11.7 Å². The molecule has 1 aromatic carbocycles. The first-order valence-corrected chi connectivity index (χ1v) is 8.96. The third kappa shape index (κ3) is 3.97. The number of fused-ring (bicyclic) bond motifs is 1. The summed E-state index contributed by atoms with van der Waals surface area (Å²) in [7, 11) is 0. The Morgan fingerprint density at radius 3 is 2.86 bits per heavy atom. The predicted molar refractivity (Wildman–Crippen MR) is 114 cm³/mol. The lowest BCUT2D eigenvalue weighted by molar-refractivity contribution is 0.0923. The first-order chi connectivity index (χ1) is 12.7. The number of aromatic nitrogens is 4. The van der Waals surface area contributed by atoms with Crippen molar-refractivity contribution >= 4 is 41.6 Å². The number of amides is 1. The highest BCUT2D eigenvalue weighted by atomic mass is 35.5. The molecule has 0 spiro atoms. The SMILES string of the molecule is Cc1c(C(=O)NC2CCCC2CN)nnn1-c1cccc2ncccc12.Cl.Cl. The van der Waals surface area contributed by atoms with Gasteiger partial charge in [0.15, 0.2) is 5.69 Å². The number of benzene rings is 1. The van der Waals surface area contributed by atoms with E-state index < -0.39 is 0 Å². The van der Waals surface area contributed by atoms with Gasteiger partial charge >= 0.3 is 0 Å². The first kappa shape index (κ1) is 22.1. The molecule has 28 heavy (non-hydrogen) atoms. The second-order valence-electron chi connectivity index (χ2n) is 6.79. The van der Waals surface area contributed by atoms with Gasteiger partial charge in [-0.3, -0.25) is 9.78 Å². The van der Waals surface area contributed by atoms with Gasteiger partial charge in [-0.25, -0.2) is 4.68 Å². The third-order valence-corrected chi connectivity index (χ3v) is 5.24. The highest BCUT2D eigenvalue weighted by molar-refractivity contribution is 5.94. The minimum absolute atomic E-state index is 0. The molecule has 4 rings (SSSR count). The zero-order valence-electron chi connectivity index (χ0n) is 15.5. The maximum atomic E-state index is 12.7. The van der Waals surface area contributed by atoms with E-state index in [9.17, 15) is 4.79 Å². The third-order valence-electron chi connectivity index (χ3n) is 5.24. The molecule has 0 aliphatic heterocycles. The van der Waals surface area contributed by atoms with Crippen LogP contribution >= 0.6 is 24.8 Å². The van der Waals surface area contributed by atoms with Crippen LogP contribution in [0.1, 0.15) is 35.4 Å². The topological polar surface area (TPSA) is 98.7 Å². The minimum atomic E-state index is -0.183. The van der Waals surface area contributed by atoms with Crippen molar-refractivity contribution in [2.45, 2.75) is 32.2 Å². The zero-order chi connectivity index (χ0) is 18.1. The van der Waals surface area contributed by atoms with Crippen LogP contribution < -0.4 is 11.1 Å². The van der Waals surface area contributed by atoms with Crippen LogP contribution in [0.2, 0.25) is 0 Å². The monoisotopic (exact) mass is 422 g/mol. The van der Waals surface area contributed by atoms with Gasteiger partial charge in [0.05, 0.1) is 16.9 Å². The molecule has 2 heterocycles. The largest absolute Gasteiger partial charge is 0.348 e. The van der Waals surface area contributed by atoms with Gasteiger partial charge in [-0.05, 0) is 56.5 Å². The van der Waals surface area contributed by atoms with Crippen molar-refractivity contribution in [3.63, 3.8) is 0 Å². The summed E-state index contributed by atoms with van der Waals surface area (Å²) in [5, 5.41) is 12.4. The lowest BCUT2D eigenvalue weighted by Crippen LogP contribution is -2.40. The van der Waals surface area contributed by atoms with E-state index in [0.717, 1.165) is 35.9 Å². The van der Waals surface area contributed by atoms with Crippen LogP contribution in [0.4, 0.5) is 0 Å². The number of halogens is 2. The van der Waals surface area contributed by atoms with Gasteiger partial charge in [0, 0.05) is 17.6 Å². The Hall–Kier alpha value is -2.22. The molecule has 7 nitrogen and oxygen atoms in total. The number of nitrogens with two attached hydrogens (primary N) is 1. The fourth-order valence-electron chi connectivity index (χ4n) is 3.79. The zero-order valence-corrected chi connectivity index (χ0v) is 17.2. The molecule has 150 valence electrons. The van der Waals surface area contributed by atoms with Gasteiger partial charge in [0.2, 0.25) is 0 Å². The predicted octanol–water partition coefficient (Wildman–Crippen LogP) is 2.82. The normalized spacial score (nSPS) is 18.4. The number of carbonyl (C=O) groups is 1. The second-order valence-corrected chi connectivity index (χ2v) is 6.79. The summed E-state index contributed by atoms with van der Waals surface area (Å²) in [5.41, 5.74) is 8.62. The van der Waals surface area contributed by atoms with Gasteiger partial charge in [-0.15, -0.1) is 29.9 Å². The van der Waals surface area contributed by atoms with Crippen LogP contribution in [0.5, 0.6) is 0 Å². The summed E-state index contributed by atoms with van der Waals surface area (Å²) < 4.78 is 1.70. The summed E-state index contributed by atoms with van der Waals surface area (Å²) in [4.78, 5) is 17.1. The van der Waals surface area contributed by atoms with Crippen molar-refractivity contribution in [1.29, 1.82) is 0 Å². The number of pyridine rings is 1. The van der Waals surface area contributed by atoms with Gasteiger partial charge in [-0.1, -0.05) is 17.7 Å². The lowest BCUT2D eigenvalue weighted by atomic mass is 10.0. The van der Waals surface area contributed by atoms with E-state index in [1.54, 1.807) is 10.9 Å². The highest BCUT2D eigenvalue weighted by Crippen LogP contribution is 2.25. The van der Waals surface area contributed by atoms with E-state index >= 15 is 0 Å². The summed E-state index contributed by atoms with van der Waals surface area (Å²) in [5.74, 6) is 0.163. The molecule has 2 unspecified atom stereocenters. The van der Waals surface area contributed by atoms with Crippen molar-refractivity contribution in [1.82, 2.24) is 25.3 Å². The first-order valence-electron chi connectivity index (χ1n) is 8.96. The van der Waals surface area contributed by atoms with Crippen molar-refractivity contribution < 1.29 is 4.79 Å². The van der Waals surface area contributed by atoms with Crippen molar-refractivity contribution in [3.05, 3.63) is 47.9 Å². The van der Waals surface area contributed by atoms with E-state index in [0.29, 0.717) is 23.9 Å². The fourth-order valence-corrected chi connectivity index (χ4v) is 3.79. The van der Waals surface area contributed by atoms with E-state index in [4.69, 9.17) is 5.73 Å². The van der Waals surface area contributed by atoms with Crippen LogP contribution in [0.3, 0.4) is 0 Å². The molecule has 2 aromatic heterocycles. The maximum absolute atomic E-state index is 12.7. The van der Waals surface area contributed by atoms with Crippen LogP contribution in [-0.4, -0.2) is 38.5 Å². The quantitative estimate of drug-likeness (QED) is 0.673. The molecule has 0 bridgehead atoms. The molecule has 3 N–H and O–H groups in total. The second kappa shape index (κ2) is 9.32. The van der Waals surface area contributed by atoms with E-state index in [2.05, 4.69) is 20.6 Å². The Labute approximate surface area is 175 Å². The molecule has 1 saturated carbocycles. The lowest BCUT2D eigenvalue weighted by Gasteiger charge is -2.18. The Balaban J connectivity index is 0.00000140. The molecule has 0 radical (unpaired) electrons. The number of rotatable bonds is 4. The molecule has 1 amide bonds. The molecule has 1 aliphatic rings. The average Bonchev–Trinajstić information content (AvgIpc) is 3.27. The molecular weight excluding hydrogens is 399 g/mol. The van der Waals surface area contributed by atoms with Gasteiger partial charge in [0.1, 0.15) is 0 Å². The average molecular weight is 423 g/mol. The van der Waals surface area contributed by atoms with Gasteiger partial charge in [0.25, 0.3) is 5.91 Å². The van der Waals surface area contributed by atoms with E-state index in [1.807, 2.05) is 37.3 Å². The summed E-state index contributed by atoms with van der Waals surface area (Å²) >= 11 is 0. The van der Waals surface area contributed by atoms with Crippen molar-refractivity contribution in [3.8, 4) is 5.69 Å². The Morgan fingerprint density at radius 2 is 2.07 bits per heavy atom. The number of hydrogen-bond donors (Lipinski definition) is 2. The molecule has 2 atom stereocenters. The van der Waals surface area contributed by atoms with Crippen LogP contribution in [0, 0.1) is 12.8 Å². The van der Waals surface area contributed by atoms with Gasteiger partial charge < -0.3 is 11.1 Å². The highest BCUT2D eigenvalue weighted by Gasteiger charge is 2.29.